The van der Waals surface area contributed by atoms with E-state index in [1.807, 2.05) is 4.90 Å². The van der Waals surface area contributed by atoms with Gasteiger partial charge in [0.05, 0.1) is 34.7 Å². The van der Waals surface area contributed by atoms with Crippen molar-refractivity contribution in [1.29, 1.82) is 0 Å². The maximum absolute atomic E-state index is 15.0. The van der Waals surface area contributed by atoms with Gasteiger partial charge in [-0.05, 0) is 70.0 Å². The van der Waals surface area contributed by atoms with Gasteiger partial charge in [0.2, 0.25) is 11.8 Å². The lowest BCUT2D eigenvalue weighted by molar-refractivity contribution is -0.134. The summed E-state index contributed by atoms with van der Waals surface area (Å²) in [5.74, 6) is -1.27. The van der Waals surface area contributed by atoms with E-state index in [1.54, 1.807) is 0 Å². The SMILES string of the molecule is CC1(C)OB(c2ccc(C3CCN(c4cnc(C5CCC(=O)NC5=O)cc4F)CC3)cc2)OC1(C)C. The number of carbonyl (C=O) groups is 2. The third-order valence-corrected chi connectivity index (χ3v) is 8.22. The summed E-state index contributed by atoms with van der Waals surface area (Å²) in [6.45, 7) is 9.65. The number of carbonyl (C=O) groups excluding carboxylic acids is 2. The van der Waals surface area contributed by atoms with Crippen LogP contribution in [0.1, 0.15) is 76.5 Å². The first-order valence-corrected chi connectivity index (χ1v) is 12.7. The zero-order valence-corrected chi connectivity index (χ0v) is 21.3. The molecular weight excluding hydrogens is 460 g/mol. The maximum Gasteiger partial charge on any atom is 0.494 e. The number of rotatable bonds is 4. The molecule has 2 aromatic rings. The molecule has 36 heavy (non-hydrogen) atoms. The number of piperidine rings is 2. The fourth-order valence-electron chi connectivity index (χ4n) is 5.20. The van der Waals surface area contributed by atoms with Crippen molar-refractivity contribution < 1.29 is 23.3 Å². The summed E-state index contributed by atoms with van der Waals surface area (Å²) < 4.78 is 27.3. The van der Waals surface area contributed by atoms with E-state index in [-0.39, 0.29) is 36.5 Å². The highest BCUT2D eigenvalue weighted by molar-refractivity contribution is 6.62. The lowest BCUT2D eigenvalue weighted by Gasteiger charge is -2.34. The van der Waals surface area contributed by atoms with Gasteiger partial charge in [-0.2, -0.15) is 0 Å². The van der Waals surface area contributed by atoms with Crippen LogP contribution in [-0.4, -0.2) is 48.2 Å². The number of amides is 2. The molecule has 0 radical (unpaired) electrons. The molecule has 3 fully saturated rings. The Kier molecular flexibility index (Phi) is 6.41. The first-order chi connectivity index (χ1) is 17.0. The summed E-state index contributed by atoms with van der Waals surface area (Å²) in [7, 11) is -0.371. The van der Waals surface area contributed by atoms with Crippen molar-refractivity contribution in [2.45, 2.75) is 76.4 Å². The van der Waals surface area contributed by atoms with Gasteiger partial charge < -0.3 is 14.2 Å². The van der Waals surface area contributed by atoms with Gasteiger partial charge in [0.1, 0.15) is 5.82 Å². The standard InChI is InChI=1S/C27H33BFN3O4/c1-26(2)27(3,4)36-28(35-26)19-7-5-17(6-8-19)18-11-13-32(14-12-18)23-16-30-22(15-21(23)29)20-9-10-24(33)31-25(20)34/h5-8,15-16,18,20H,9-14H2,1-4H3,(H,31,33,34). The van der Waals surface area contributed by atoms with Crippen LogP contribution in [0.15, 0.2) is 36.5 Å². The van der Waals surface area contributed by atoms with Crippen LogP contribution in [0.5, 0.6) is 0 Å². The number of benzene rings is 1. The number of aromatic nitrogens is 1. The molecule has 1 atom stereocenters. The summed E-state index contributed by atoms with van der Waals surface area (Å²) in [4.78, 5) is 29.9. The average molecular weight is 493 g/mol. The number of pyridine rings is 1. The predicted molar refractivity (Wildman–Crippen MR) is 136 cm³/mol. The van der Waals surface area contributed by atoms with E-state index in [1.165, 1.54) is 17.8 Å². The van der Waals surface area contributed by atoms with E-state index >= 15 is 4.39 Å². The molecule has 3 saturated heterocycles. The minimum atomic E-state index is -0.586. The summed E-state index contributed by atoms with van der Waals surface area (Å²) >= 11 is 0. The van der Waals surface area contributed by atoms with Gasteiger partial charge in [-0.1, -0.05) is 24.3 Å². The number of hydrogen-bond acceptors (Lipinski definition) is 6. The van der Waals surface area contributed by atoms with Crippen LogP contribution in [0.4, 0.5) is 10.1 Å². The van der Waals surface area contributed by atoms with Gasteiger partial charge in [-0.25, -0.2) is 4.39 Å². The van der Waals surface area contributed by atoms with Crippen molar-refractivity contribution in [1.82, 2.24) is 10.3 Å². The van der Waals surface area contributed by atoms with Crippen LogP contribution in [0.2, 0.25) is 0 Å². The molecule has 1 unspecified atom stereocenters. The molecule has 9 heteroatoms. The normalized spacial score (nSPS) is 24.2. The monoisotopic (exact) mass is 493 g/mol. The van der Waals surface area contributed by atoms with Gasteiger partial charge in [0, 0.05) is 19.5 Å². The van der Waals surface area contributed by atoms with Crippen LogP contribution >= 0.6 is 0 Å². The van der Waals surface area contributed by atoms with Gasteiger partial charge >= 0.3 is 7.12 Å². The van der Waals surface area contributed by atoms with Crippen LogP contribution in [0.3, 0.4) is 0 Å². The molecule has 3 aliphatic heterocycles. The Labute approximate surface area is 211 Å². The maximum atomic E-state index is 15.0. The molecule has 0 spiro atoms. The lowest BCUT2D eigenvalue weighted by Crippen LogP contribution is -2.41. The van der Waals surface area contributed by atoms with Gasteiger partial charge in [0.15, 0.2) is 0 Å². The van der Waals surface area contributed by atoms with Crippen LogP contribution in [0, 0.1) is 5.82 Å². The van der Waals surface area contributed by atoms with E-state index in [9.17, 15) is 9.59 Å². The third-order valence-electron chi connectivity index (χ3n) is 8.22. The molecule has 2 amide bonds. The number of nitrogens with one attached hydrogen (secondary N) is 1. The van der Waals surface area contributed by atoms with Crippen molar-refractivity contribution in [2.75, 3.05) is 18.0 Å². The topological polar surface area (TPSA) is 80.8 Å². The van der Waals surface area contributed by atoms with E-state index in [2.05, 4.69) is 62.3 Å². The van der Waals surface area contributed by atoms with E-state index in [0.717, 1.165) is 31.4 Å². The largest absolute Gasteiger partial charge is 0.494 e. The van der Waals surface area contributed by atoms with Gasteiger partial charge in [-0.15, -0.1) is 0 Å². The molecule has 190 valence electrons. The molecule has 4 heterocycles. The molecule has 1 aromatic heterocycles. The highest BCUT2D eigenvalue weighted by Gasteiger charge is 2.51. The number of anilines is 1. The summed E-state index contributed by atoms with van der Waals surface area (Å²) in [6.07, 6.45) is 3.93. The Morgan fingerprint density at radius 2 is 1.67 bits per heavy atom. The number of halogens is 1. The van der Waals surface area contributed by atoms with Crippen LogP contribution in [0.25, 0.3) is 0 Å². The van der Waals surface area contributed by atoms with Gasteiger partial charge in [-0.3, -0.25) is 19.9 Å². The Hall–Kier alpha value is -2.78. The Bertz CT molecular complexity index is 1150. The van der Waals surface area contributed by atoms with Crippen molar-refractivity contribution in [3.8, 4) is 0 Å². The quantitative estimate of drug-likeness (QED) is 0.520. The van der Waals surface area contributed by atoms with Gasteiger partial charge in [0.25, 0.3) is 0 Å². The zero-order chi connectivity index (χ0) is 25.7. The van der Waals surface area contributed by atoms with Crippen molar-refractivity contribution in [2.24, 2.45) is 0 Å². The highest BCUT2D eigenvalue weighted by atomic mass is 19.1. The minimum Gasteiger partial charge on any atom is -0.399 e. The summed E-state index contributed by atoms with van der Waals surface area (Å²) in [5.41, 5.74) is 2.38. The molecule has 0 bridgehead atoms. The summed E-state index contributed by atoms with van der Waals surface area (Å²) in [5, 5.41) is 2.31. The minimum absolute atomic E-state index is 0.243. The Morgan fingerprint density at radius 1 is 1.03 bits per heavy atom. The number of nitrogens with zero attached hydrogens (tertiary/aromatic N) is 2. The first kappa shape index (κ1) is 24.9. The van der Waals surface area contributed by atoms with E-state index < -0.39 is 11.8 Å². The predicted octanol–water partition coefficient (Wildman–Crippen LogP) is 3.42. The van der Waals surface area contributed by atoms with Crippen molar-refractivity contribution in [3.05, 3.63) is 53.6 Å². The summed E-state index contributed by atoms with van der Waals surface area (Å²) in [6, 6.07) is 9.81. The molecule has 1 aromatic carbocycles. The number of hydrogen-bond donors (Lipinski definition) is 1. The van der Waals surface area contributed by atoms with Crippen LogP contribution in [-0.2, 0) is 18.9 Å². The first-order valence-electron chi connectivity index (χ1n) is 12.7. The molecule has 0 saturated carbocycles. The molecule has 5 rings (SSSR count). The molecular formula is C27H33BFN3O4. The second kappa shape index (κ2) is 9.27. The molecule has 7 nitrogen and oxygen atoms in total. The fourth-order valence-corrected chi connectivity index (χ4v) is 5.20. The fraction of sp³-hybridized carbons (Fsp3) is 0.519. The molecule has 3 aliphatic rings. The Balaban J connectivity index is 1.20. The smallest absolute Gasteiger partial charge is 0.399 e. The highest BCUT2D eigenvalue weighted by Crippen LogP contribution is 2.37. The van der Waals surface area contributed by atoms with Crippen LogP contribution < -0.4 is 15.7 Å². The lowest BCUT2D eigenvalue weighted by atomic mass is 9.77. The molecule has 1 N–H and O–H groups in total. The zero-order valence-electron chi connectivity index (χ0n) is 21.3. The van der Waals surface area contributed by atoms with E-state index in [0.29, 0.717) is 23.7 Å². The Morgan fingerprint density at radius 3 is 2.25 bits per heavy atom. The molecule has 0 aliphatic carbocycles. The van der Waals surface area contributed by atoms with E-state index in [4.69, 9.17) is 9.31 Å². The number of imide groups is 1. The second-order valence-corrected chi connectivity index (χ2v) is 11.1. The van der Waals surface area contributed by atoms with Crippen molar-refractivity contribution >= 4 is 30.1 Å². The van der Waals surface area contributed by atoms with Crippen molar-refractivity contribution in [3.63, 3.8) is 0 Å². The average Bonchev–Trinajstić information content (AvgIpc) is 3.06. The second-order valence-electron chi connectivity index (χ2n) is 11.1. The third kappa shape index (κ3) is 4.66.